The van der Waals surface area contributed by atoms with Gasteiger partial charge in [0.1, 0.15) is 11.9 Å². The van der Waals surface area contributed by atoms with Crippen molar-refractivity contribution >= 4 is 24.2 Å². The second kappa shape index (κ2) is 6.46. The standard InChI is InChI=1S/C10H13F2N3O2.ClH/c1-2-17-9(16)10(11,12)7(13)6-4-3-5-15-8(6)14;/h3-5,7H,2,13H2,1H3,(H2,14,15);1H/t7-;/m1./s1. The van der Waals surface area contributed by atoms with Gasteiger partial charge in [0.2, 0.25) is 0 Å². The number of halogens is 3. The van der Waals surface area contributed by atoms with Crippen LogP contribution in [0.1, 0.15) is 18.5 Å². The fourth-order valence-corrected chi connectivity index (χ4v) is 1.24. The van der Waals surface area contributed by atoms with Crippen LogP contribution >= 0.6 is 12.4 Å². The maximum atomic E-state index is 13.6. The number of hydrogen-bond donors (Lipinski definition) is 2. The van der Waals surface area contributed by atoms with E-state index in [-0.39, 0.29) is 30.4 Å². The monoisotopic (exact) mass is 281 g/mol. The molecule has 18 heavy (non-hydrogen) atoms. The summed E-state index contributed by atoms with van der Waals surface area (Å²) in [6.07, 6.45) is 1.34. The predicted octanol–water partition coefficient (Wildman–Crippen LogP) is 1.28. The van der Waals surface area contributed by atoms with Gasteiger partial charge in [-0.3, -0.25) is 0 Å². The molecule has 0 unspecified atom stereocenters. The van der Waals surface area contributed by atoms with Gasteiger partial charge in [0.25, 0.3) is 0 Å². The number of anilines is 1. The molecule has 1 aromatic heterocycles. The Hall–Kier alpha value is -1.47. The molecular formula is C10H14ClF2N3O2. The molecule has 0 radical (unpaired) electrons. The lowest BCUT2D eigenvalue weighted by Gasteiger charge is -2.22. The third kappa shape index (κ3) is 3.27. The molecule has 1 rings (SSSR count). The van der Waals surface area contributed by atoms with Gasteiger partial charge < -0.3 is 16.2 Å². The molecule has 5 nitrogen and oxygen atoms in total. The lowest BCUT2D eigenvalue weighted by Crippen LogP contribution is -2.42. The molecule has 0 saturated heterocycles. The molecule has 0 aliphatic carbocycles. The molecule has 8 heteroatoms. The van der Waals surface area contributed by atoms with Crippen molar-refractivity contribution in [3.63, 3.8) is 0 Å². The molecule has 1 heterocycles. The first-order valence-electron chi connectivity index (χ1n) is 4.92. The number of rotatable bonds is 4. The summed E-state index contributed by atoms with van der Waals surface area (Å²) < 4.78 is 31.4. The highest BCUT2D eigenvalue weighted by molar-refractivity contribution is 5.85. The lowest BCUT2D eigenvalue weighted by molar-refractivity contribution is -0.174. The third-order valence-electron chi connectivity index (χ3n) is 2.14. The first kappa shape index (κ1) is 16.5. The van der Waals surface area contributed by atoms with Crippen molar-refractivity contribution in [3.05, 3.63) is 23.9 Å². The van der Waals surface area contributed by atoms with E-state index in [2.05, 4.69) is 9.72 Å². The van der Waals surface area contributed by atoms with E-state index in [4.69, 9.17) is 11.5 Å². The maximum absolute atomic E-state index is 13.6. The predicted molar refractivity (Wildman–Crippen MR) is 64.4 cm³/mol. The second-order valence-electron chi connectivity index (χ2n) is 3.30. The highest BCUT2D eigenvalue weighted by atomic mass is 35.5. The Kier molecular flexibility index (Phi) is 5.93. The summed E-state index contributed by atoms with van der Waals surface area (Å²) in [4.78, 5) is 14.7. The molecular weight excluding hydrogens is 268 g/mol. The van der Waals surface area contributed by atoms with Crippen LogP contribution in [0.25, 0.3) is 0 Å². The number of aromatic nitrogens is 1. The van der Waals surface area contributed by atoms with Crippen LogP contribution in [-0.2, 0) is 9.53 Å². The number of nitrogens with two attached hydrogens (primary N) is 2. The molecule has 0 amide bonds. The molecule has 0 saturated carbocycles. The first-order valence-corrected chi connectivity index (χ1v) is 4.92. The number of ether oxygens (including phenoxy) is 1. The van der Waals surface area contributed by atoms with E-state index in [0.29, 0.717) is 0 Å². The van der Waals surface area contributed by atoms with E-state index >= 15 is 0 Å². The summed E-state index contributed by atoms with van der Waals surface area (Å²) in [6, 6.07) is 0.822. The highest BCUT2D eigenvalue weighted by Gasteiger charge is 2.48. The summed E-state index contributed by atoms with van der Waals surface area (Å²) in [5.41, 5.74) is 10.7. The minimum atomic E-state index is -3.84. The van der Waals surface area contributed by atoms with E-state index in [1.807, 2.05) is 0 Å². The smallest absolute Gasteiger partial charge is 0.379 e. The van der Waals surface area contributed by atoms with Gasteiger partial charge in [-0.25, -0.2) is 9.78 Å². The first-order chi connectivity index (χ1) is 7.91. The number of carbonyl (C=O) groups is 1. The van der Waals surface area contributed by atoms with Crippen molar-refractivity contribution in [1.82, 2.24) is 4.98 Å². The van der Waals surface area contributed by atoms with Gasteiger partial charge >= 0.3 is 11.9 Å². The molecule has 0 spiro atoms. The van der Waals surface area contributed by atoms with E-state index in [9.17, 15) is 13.6 Å². The number of esters is 1. The Labute approximate surface area is 109 Å². The number of alkyl halides is 2. The van der Waals surface area contributed by atoms with Gasteiger partial charge in [-0.05, 0) is 13.0 Å². The highest BCUT2D eigenvalue weighted by Crippen LogP contribution is 2.32. The van der Waals surface area contributed by atoms with Crippen LogP contribution in [0.2, 0.25) is 0 Å². The summed E-state index contributed by atoms with van der Waals surface area (Å²) in [5.74, 6) is -5.65. The summed E-state index contributed by atoms with van der Waals surface area (Å²) in [7, 11) is 0. The van der Waals surface area contributed by atoms with E-state index in [0.717, 1.165) is 0 Å². The van der Waals surface area contributed by atoms with Crippen LogP contribution in [0.15, 0.2) is 18.3 Å². The zero-order valence-electron chi connectivity index (χ0n) is 9.60. The van der Waals surface area contributed by atoms with Crippen molar-refractivity contribution in [1.29, 1.82) is 0 Å². The van der Waals surface area contributed by atoms with Crippen LogP contribution in [0, 0.1) is 0 Å². The molecule has 0 aliphatic rings. The number of nitrogens with zero attached hydrogens (tertiary/aromatic N) is 1. The van der Waals surface area contributed by atoms with Crippen molar-refractivity contribution in [2.75, 3.05) is 12.3 Å². The fraction of sp³-hybridized carbons (Fsp3) is 0.400. The molecule has 0 fully saturated rings. The Morgan fingerprint density at radius 3 is 2.72 bits per heavy atom. The zero-order valence-corrected chi connectivity index (χ0v) is 10.4. The molecule has 4 N–H and O–H groups in total. The third-order valence-corrected chi connectivity index (χ3v) is 2.14. The normalized spacial score (nSPS) is 12.4. The quantitative estimate of drug-likeness (QED) is 0.811. The number of pyridine rings is 1. The van der Waals surface area contributed by atoms with Crippen molar-refractivity contribution < 1.29 is 18.3 Å². The SMILES string of the molecule is CCOC(=O)C(F)(F)[C@H](N)c1cccnc1N.Cl. The van der Waals surface area contributed by atoms with E-state index < -0.39 is 17.9 Å². The average molecular weight is 282 g/mol. The zero-order chi connectivity index (χ0) is 13.1. The van der Waals surface area contributed by atoms with Gasteiger partial charge in [0.05, 0.1) is 6.61 Å². The second-order valence-corrected chi connectivity index (χ2v) is 3.30. The van der Waals surface area contributed by atoms with E-state index in [1.165, 1.54) is 25.3 Å². The topological polar surface area (TPSA) is 91.2 Å². The Morgan fingerprint density at radius 2 is 2.22 bits per heavy atom. The van der Waals surface area contributed by atoms with Crippen LogP contribution in [0.5, 0.6) is 0 Å². The molecule has 1 atom stereocenters. The van der Waals surface area contributed by atoms with Crippen LogP contribution in [0.4, 0.5) is 14.6 Å². The summed E-state index contributed by atoms with van der Waals surface area (Å²) >= 11 is 0. The minimum absolute atomic E-state index is 0. The van der Waals surface area contributed by atoms with Crippen LogP contribution in [-0.4, -0.2) is 23.5 Å². The van der Waals surface area contributed by atoms with Gasteiger partial charge in [0, 0.05) is 11.8 Å². The maximum Gasteiger partial charge on any atom is 0.379 e. The van der Waals surface area contributed by atoms with E-state index in [1.54, 1.807) is 0 Å². The Morgan fingerprint density at radius 1 is 1.61 bits per heavy atom. The van der Waals surface area contributed by atoms with Gasteiger partial charge in [-0.1, -0.05) is 6.07 Å². The number of carbonyl (C=O) groups excluding carboxylic acids is 1. The van der Waals surface area contributed by atoms with Gasteiger partial charge in [-0.15, -0.1) is 12.4 Å². The number of hydrogen-bond acceptors (Lipinski definition) is 5. The Balaban J connectivity index is 0.00000289. The Bertz CT molecular complexity index is 418. The van der Waals surface area contributed by atoms with Gasteiger partial charge in [-0.2, -0.15) is 8.78 Å². The molecule has 1 aromatic rings. The minimum Gasteiger partial charge on any atom is -0.462 e. The lowest BCUT2D eigenvalue weighted by atomic mass is 10.0. The number of nitrogen functional groups attached to an aromatic ring is 1. The molecule has 0 aromatic carbocycles. The summed E-state index contributed by atoms with van der Waals surface area (Å²) in [6.45, 7) is 1.28. The van der Waals surface area contributed by atoms with Crippen molar-refractivity contribution in [2.24, 2.45) is 5.73 Å². The van der Waals surface area contributed by atoms with Crippen molar-refractivity contribution in [2.45, 2.75) is 18.9 Å². The van der Waals surface area contributed by atoms with Crippen molar-refractivity contribution in [3.8, 4) is 0 Å². The molecule has 0 bridgehead atoms. The fourth-order valence-electron chi connectivity index (χ4n) is 1.24. The molecule has 0 aliphatic heterocycles. The van der Waals surface area contributed by atoms with Gasteiger partial charge in [0.15, 0.2) is 0 Å². The van der Waals surface area contributed by atoms with Crippen LogP contribution < -0.4 is 11.5 Å². The van der Waals surface area contributed by atoms with Crippen LogP contribution in [0.3, 0.4) is 0 Å². The summed E-state index contributed by atoms with van der Waals surface area (Å²) in [5, 5.41) is 0. The average Bonchev–Trinajstić information content (AvgIpc) is 2.29. The largest absolute Gasteiger partial charge is 0.462 e. The molecule has 102 valence electrons.